The van der Waals surface area contributed by atoms with Crippen LogP contribution in [0.4, 0.5) is 0 Å². The third kappa shape index (κ3) is 6.55. The number of aromatic amines is 1. The Bertz CT molecular complexity index is 1340. The molecule has 2 heterocycles. The van der Waals surface area contributed by atoms with Crippen LogP contribution in [0.2, 0.25) is 0 Å². The number of hydrogen-bond acceptors (Lipinski definition) is 12. The van der Waals surface area contributed by atoms with Gasteiger partial charge in [-0.15, -0.1) is 0 Å². The van der Waals surface area contributed by atoms with E-state index in [0.29, 0.717) is 17.2 Å². The molecule has 0 radical (unpaired) electrons. The first-order valence-electron chi connectivity index (χ1n) is 9.16. The van der Waals surface area contributed by atoms with Crippen molar-refractivity contribution in [2.75, 3.05) is 19.1 Å². The first kappa shape index (κ1) is 24.7. The summed E-state index contributed by atoms with van der Waals surface area (Å²) < 4.78 is 68.6. The SMILES string of the molecule is CS(=O)(=O)O[C@@H]1[C@H](OS(C)(=O)=O)[C@@H](COC(=O)c2ccccc2)O[C@H]1n1ncc(=O)[nH]c1=O. The summed E-state index contributed by atoms with van der Waals surface area (Å²) in [6, 6.07) is 7.82. The van der Waals surface area contributed by atoms with E-state index in [0.717, 1.165) is 6.20 Å². The number of benzene rings is 1. The molecule has 4 atom stereocenters. The molecule has 1 aliphatic heterocycles. The number of ether oxygens (including phenoxy) is 2. The molecule has 180 valence electrons. The van der Waals surface area contributed by atoms with E-state index in [4.69, 9.17) is 17.8 Å². The molecule has 1 aliphatic rings. The van der Waals surface area contributed by atoms with Gasteiger partial charge in [0.1, 0.15) is 25.0 Å². The second kappa shape index (κ2) is 9.52. The van der Waals surface area contributed by atoms with Crippen molar-refractivity contribution in [2.24, 2.45) is 0 Å². The molecule has 1 aromatic carbocycles. The van der Waals surface area contributed by atoms with Crippen molar-refractivity contribution < 1.29 is 39.5 Å². The average Bonchev–Trinajstić information content (AvgIpc) is 3.01. The van der Waals surface area contributed by atoms with Gasteiger partial charge in [-0.25, -0.2) is 9.59 Å². The van der Waals surface area contributed by atoms with E-state index in [1.807, 2.05) is 4.98 Å². The summed E-state index contributed by atoms with van der Waals surface area (Å²) in [6.45, 7) is -0.591. The Morgan fingerprint density at radius 3 is 2.24 bits per heavy atom. The van der Waals surface area contributed by atoms with Crippen molar-refractivity contribution in [3.05, 3.63) is 62.9 Å². The van der Waals surface area contributed by atoms with Crippen LogP contribution in [0.25, 0.3) is 0 Å². The Kier molecular flexibility index (Phi) is 7.13. The number of H-pyrrole nitrogens is 1. The lowest BCUT2D eigenvalue weighted by molar-refractivity contribution is -0.0616. The van der Waals surface area contributed by atoms with Gasteiger partial charge < -0.3 is 9.47 Å². The maximum absolute atomic E-state index is 12.3. The van der Waals surface area contributed by atoms with Gasteiger partial charge in [-0.1, -0.05) is 18.2 Å². The molecule has 0 bridgehead atoms. The van der Waals surface area contributed by atoms with Gasteiger partial charge in [0, 0.05) is 0 Å². The zero-order valence-corrected chi connectivity index (χ0v) is 18.8. The predicted octanol–water partition coefficient (Wildman–Crippen LogP) is -1.62. The summed E-state index contributed by atoms with van der Waals surface area (Å²) in [4.78, 5) is 37.7. The highest BCUT2D eigenvalue weighted by atomic mass is 32.2. The van der Waals surface area contributed by atoms with Crippen LogP contribution < -0.4 is 11.2 Å². The van der Waals surface area contributed by atoms with E-state index < -0.39 is 68.6 Å². The van der Waals surface area contributed by atoms with Crippen LogP contribution in [0.1, 0.15) is 16.6 Å². The largest absolute Gasteiger partial charge is 0.459 e. The second-order valence-corrected chi connectivity index (χ2v) is 10.1. The Morgan fingerprint density at radius 2 is 1.67 bits per heavy atom. The van der Waals surface area contributed by atoms with Crippen LogP contribution in [-0.4, -0.2) is 75.0 Å². The fraction of sp³-hybridized carbons (Fsp3) is 0.412. The summed E-state index contributed by atoms with van der Waals surface area (Å²) in [7, 11) is -8.44. The third-order valence-electron chi connectivity index (χ3n) is 4.22. The first-order valence-corrected chi connectivity index (χ1v) is 12.8. The summed E-state index contributed by atoms with van der Waals surface area (Å²) in [6.07, 6.45) is -4.35. The number of nitrogens with zero attached hydrogens (tertiary/aromatic N) is 2. The number of nitrogens with one attached hydrogen (secondary N) is 1. The van der Waals surface area contributed by atoms with Gasteiger partial charge in [0.25, 0.3) is 25.8 Å². The van der Waals surface area contributed by atoms with E-state index >= 15 is 0 Å². The molecule has 16 heteroatoms. The molecule has 1 fully saturated rings. The lowest BCUT2D eigenvalue weighted by Crippen LogP contribution is -2.43. The van der Waals surface area contributed by atoms with E-state index in [-0.39, 0.29) is 5.56 Å². The van der Waals surface area contributed by atoms with Gasteiger partial charge in [-0.2, -0.15) is 26.6 Å². The standard InChI is InChI=1S/C17H19N3O11S2/c1-32(24,25)30-13-11(9-28-16(22)10-6-4-3-5-7-10)29-15(14(13)31-33(2,26)27)20-17(23)19-12(21)8-18-20/h3-8,11,13-15H,9H2,1-2H3,(H,19,21,23)/t11-,13-,14-,15-/m1/s1. The van der Waals surface area contributed by atoms with Gasteiger partial charge in [-0.3, -0.25) is 18.1 Å². The normalized spacial score (nSPS) is 23.3. The third-order valence-corrected chi connectivity index (χ3v) is 5.37. The van der Waals surface area contributed by atoms with Gasteiger partial charge >= 0.3 is 11.7 Å². The maximum Gasteiger partial charge on any atom is 0.347 e. The van der Waals surface area contributed by atoms with E-state index in [1.165, 1.54) is 12.1 Å². The Balaban J connectivity index is 1.96. The molecule has 1 saturated heterocycles. The van der Waals surface area contributed by atoms with Gasteiger partial charge in [0.15, 0.2) is 12.3 Å². The van der Waals surface area contributed by atoms with Crippen LogP contribution in [0.5, 0.6) is 0 Å². The molecule has 1 aromatic heterocycles. The van der Waals surface area contributed by atoms with Crippen LogP contribution >= 0.6 is 0 Å². The average molecular weight is 505 g/mol. The summed E-state index contributed by atoms with van der Waals surface area (Å²) in [5, 5.41) is 3.60. The smallest absolute Gasteiger partial charge is 0.347 e. The first-order chi connectivity index (χ1) is 15.3. The molecular weight excluding hydrogens is 486 g/mol. The molecular formula is C17H19N3O11S2. The lowest BCUT2D eigenvalue weighted by atomic mass is 10.1. The highest BCUT2D eigenvalue weighted by Gasteiger charge is 2.52. The predicted molar refractivity (Wildman–Crippen MR) is 109 cm³/mol. The van der Waals surface area contributed by atoms with Crippen molar-refractivity contribution in [1.82, 2.24) is 14.8 Å². The topological polar surface area (TPSA) is 190 Å². The van der Waals surface area contributed by atoms with E-state index in [2.05, 4.69) is 5.10 Å². The number of carbonyl (C=O) groups is 1. The van der Waals surface area contributed by atoms with Crippen LogP contribution in [0, 0.1) is 0 Å². The van der Waals surface area contributed by atoms with Crippen LogP contribution in [0.3, 0.4) is 0 Å². The van der Waals surface area contributed by atoms with E-state index in [1.54, 1.807) is 18.2 Å². The Hall–Kier alpha value is -2.92. The quantitative estimate of drug-likeness (QED) is 0.319. The lowest BCUT2D eigenvalue weighted by Gasteiger charge is -2.22. The second-order valence-electron chi connectivity index (χ2n) is 6.94. The monoisotopic (exact) mass is 505 g/mol. The minimum Gasteiger partial charge on any atom is -0.459 e. The van der Waals surface area contributed by atoms with Crippen molar-refractivity contribution in [1.29, 1.82) is 0 Å². The number of aromatic nitrogens is 3. The van der Waals surface area contributed by atoms with Crippen molar-refractivity contribution >= 4 is 26.2 Å². The molecule has 0 amide bonds. The molecule has 33 heavy (non-hydrogen) atoms. The molecule has 0 saturated carbocycles. The molecule has 3 rings (SSSR count). The molecule has 0 aliphatic carbocycles. The van der Waals surface area contributed by atoms with Crippen molar-refractivity contribution in [3.8, 4) is 0 Å². The van der Waals surface area contributed by atoms with E-state index in [9.17, 15) is 31.2 Å². The molecule has 1 N–H and O–H groups in total. The maximum atomic E-state index is 12.3. The van der Waals surface area contributed by atoms with Crippen LogP contribution in [-0.2, 0) is 38.1 Å². The number of carbonyl (C=O) groups excluding carboxylic acids is 1. The molecule has 0 spiro atoms. The fourth-order valence-electron chi connectivity index (χ4n) is 3.02. The van der Waals surface area contributed by atoms with Gasteiger partial charge in [0.05, 0.1) is 18.1 Å². The minimum absolute atomic E-state index is 0.190. The zero-order valence-electron chi connectivity index (χ0n) is 17.2. The highest BCUT2D eigenvalue weighted by Crippen LogP contribution is 2.34. The van der Waals surface area contributed by atoms with Crippen molar-refractivity contribution in [2.45, 2.75) is 24.5 Å². The summed E-state index contributed by atoms with van der Waals surface area (Å²) in [5.41, 5.74) is -1.74. The zero-order chi connectivity index (χ0) is 24.4. The summed E-state index contributed by atoms with van der Waals surface area (Å²) >= 11 is 0. The number of hydrogen-bond donors (Lipinski definition) is 1. The number of esters is 1. The molecule has 14 nitrogen and oxygen atoms in total. The summed E-state index contributed by atoms with van der Waals surface area (Å²) in [5.74, 6) is -0.777. The fourth-order valence-corrected chi connectivity index (χ4v) is 4.27. The highest BCUT2D eigenvalue weighted by molar-refractivity contribution is 7.86. The Morgan fingerprint density at radius 1 is 1.06 bits per heavy atom. The Labute approximate surface area is 187 Å². The number of rotatable bonds is 8. The van der Waals surface area contributed by atoms with Gasteiger partial charge in [-0.05, 0) is 12.1 Å². The van der Waals surface area contributed by atoms with Gasteiger partial charge in [0.2, 0.25) is 0 Å². The molecule has 0 unspecified atom stereocenters. The van der Waals surface area contributed by atoms with Crippen LogP contribution in [0.15, 0.2) is 46.1 Å². The van der Waals surface area contributed by atoms with Crippen molar-refractivity contribution in [3.63, 3.8) is 0 Å². The minimum atomic E-state index is -4.23. The molecule has 2 aromatic rings.